The number of nitrogen functional groups attached to an aromatic ring is 1. The number of fused-ring (bicyclic) bond motifs is 1. The molecule has 72 valence electrons. The van der Waals surface area contributed by atoms with Crippen LogP contribution in [0.4, 0.5) is 5.82 Å². The highest BCUT2D eigenvalue weighted by atomic mass is 35.5. The SMILES string of the molecule is Cc1cc2ccc(NN)nc2cc1Cl. The Kier molecular flexibility index (Phi) is 2.27. The number of rotatable bonds is 1. The van der Waals surface area contributed by atoms with Gasteiger partial charge in [-0.1, -0.05) is 11.6 Å². The molecule has 1 aromatic heterocycles. The third kappa shape index (κ3) is 1.52. The van der Waals surface area contributed by atoms with Gasteiger partial charge in [0.2, 0.25) is 0 Å². The van der Waals surface area contributed by atoms with Crippen LogP contribution < -0.4 is 11.3 Å². The Hall–Kier alpha value is -1.32. The molecule has 0 saturated heterocycles. The third-order valence-electron chi connectivity index (χ3n) is 2.12. The van der Waals surface area contributed by atoms with Gasteiger partial charge >= 0.3 is 0 Å². The van der Waals surface area contributed by atoms with Crippen molar-refractivity contribution in [2.45, 2.75) is 6.92 Å². The summed E-state index contributed by atoms with van der Waals surface area (Å²) in [7, 11) is 0. The fourth-order valence-electron chi connectivity index (χ4n) is 1.34. The van der Waals surface area contributed by atoms with E-state index in [1.165, 1.54) is 0 Å². The number of hydrogen-bond acceptors (Lipinski definition) is 3. The summed E-state index contributed by atoms with van der Waals surface area (Å²) in [5.41, 5.74) is 4.39. The van der Waals surface area contributed by atoms with Crippen molar-refractivity contribution < 1.29 is 0 Å². The first-order chi connectivity index (χ1) is 6.70. The first kappa shape index (κ1) is 9.24. The van der Waals surface area contributed by atoms with Gasteiger partial charge in [-0.25, -0.2) is 10.8 Å². The van der Waals surface area contributed by atoms with Crippen molar-refractivity contribution in [2.24, 2.45) is 5.84 Å². The summed E-state index contributed by atoms with van der Waals surface area (Å²) in [5.74, 6) is 5.90. The normalized spacial score (nSPS) is 10.5. The van der Waals surface area contributed by atoms with Gasteiger partial charge in [-0.2, -0.15) is 0 Å². The van der Waals surface area contributed by atoms with E-state index in [1.54, 1.807) is 0 Å². The lowest BCUT2D eigenvalue weighted by Crippen LogP contribution is -2.08. The highest BCUT2D eigenvalue weighted by molar-refractivity contribution is 6.32. The molecule has 0 aliphatic heterocycles. The second-order valence-corrected chi connectivity index (χ2v) is 3.54. The van der Waals surface area contributed by atoms with Gasteiger partial charge in [0.15, 0.2) is 0 Å². The van der Waals surface area contributed by atoms with Gasteiger partial charge in [-0.3, -0.25) is 0 Å². The second-order valence-electron chi connectivity index (χ2n) is 3.13. The summed E-state index contributed by atoms with van der Waals surface area (Å²) in [6, 6.07) is 7.63. The highest BCUT2D eigenvalue weighted by Gasteiger charge is 2.01. The number of nitrogens with one attached hydrogen (secondary N) is 1. The van der Waals surface area contributed by atoms with E-state index in [9.17, 15) is 0 Å². The number of nitrogens with zero attached hydrogens (tertiary/aromatic N) is 1. The zero-order valence-electron chi connectivity index (χ0n) is 7.71. The van der Waals surface area contributed by atoms with E-state index in [-0.39, 0.29) is 0 Å². The molecule has 0 fully saturated rings. The number of pyridine rings is 1. The minimum absolute atomic E-state index is 0.636. The van der Waals surface area contributed by atoms with Crippen molar-refractivity contribution in [3.8, 4) is 0 Å². The standard InChI is InChI=1S/C10H10ClN3/c1-6-4-7-2-3-10(14-12)13-9(7)5-8(6)11/h2-5H,12H2,1H3,(H,13,14). The lowest BCUT2D eigenvalue weighted by Gasteiger charge is -2.04. The average molecular weight is 208 g/mol. The van der Waals surface area contributed by atoms with Crippen LogP contribution in [-0.4, -0.2) is 4.98 Å². The Morgan fingerprint density at radius 1 is 1.36 bits per heavy atom. The summed E-state index contributed by atoms with van der Waals surface area (Å²) >= 11 is 5.99. The highest BCUT2D eigenvalue weighted by Crippen LogP contribution is 2.23. The average Bonchev–Trinajstić information content (AvgIpc) is 2.19. The van der Waals surface area contributed by atoms with Crippen LogP contribution in [0.25, 0.3) is 10.9 Å². The van der Waals surface area contributed by atoms with Crippen molar-refractivity contribution in [2.75, 3.05) is 5.43 Å². The van der Waals surface area contributed by atoms with Gasteiger partial charge in [-0.15, -0.1) is 0 Å². The van der Waals surface area contributed by atoms with E-state index < -0.39 is 0 Å². The maximum absolute atomic E-state index is 5.99. The second kappa shape index (κ2) is 3.44. The van der Waals surface area contributed by atoms with Crippen molar-refractivity contribution in [1.82, 2.24) is 4.98 Å². The van der Waals surface area contributed by atoms with E-state index in [2.05, 4.69) is 10.4 Å². The molecule has 0 radical (unpaired) electrons. The lowest BCUT2D eigenvalue weighted by molar-refractivity contribution is 1.26. The van der Waals surface area contributed by atoms with Crippen LogP contribution >= 0.6 is 11.6 Å². The van der Waals surface area contributed by atoms with Crippen LogP contribution in [0, 0.1) is 6.92 Å². The van der Waals surface area contributed by atoms with E-state index in [0.29, 0.717) is 5.82 Å². The Morgan fingerprint density at radius 3 is 2.86 bits per heavy atom. The van der Waals surface area contributed by atoms with Gasteiger partial charge in [-0.05, 0) is 36.8 Å². The summed E-state index contributed by atoms with van der Waals surface area (Å²) < 4.78 is 0. The van der Waals surface area contributed by atoms with Crippen molar-refractivity contribution >= 4 is 28.3 Å². The van der Waals surface area contributed by atoms with Crippen molar-refractivity contribution in [3.63, 3.8) is 0 Å². The van der Waals surface area contributed by atoms with Crippen LogP contribution in [0.2, 0.25) is 5.02 Å². The number of halogens is 1. The molecule has 3 nitrogen and oxygen atoms in total. The van der Waals surface area contributed by atoms with Gasteiger partial charge in [0.05, 0.1) is 5.52 Å². The number of benzene rings is 1. The zero-order valence-corrected chi connectivity index (χ0v) is 8.47. The van der Waals surface area contributed by atoms with Crippen LogP contribution in [0.5, 0.6) is 0 Å². The molecule has 0 atom stereocenters. The molecule has 0 bridgehead atoms. The van der Waals surface area contributed by atoms with Crippen LogP contribution in [-0.2, 0) is 0 Å². The number of anilines is 1. The molecule has 0 spiro atoms. The van der Waals surface area contributed by atoms with Crippen LogP contribution in [0.3, 0.4) is 0 Å². The molecular weight excluding hydrogens is 198 g/mol. The molecule has 0 aliphatic carbocycles. The van der Waals surface area contributed by atoms with E-state index >= 15 is 0 Å². The molecule has 4 heteroatoms. The molecule has 14 heavy (non-hydrogen) atoms. The molecule has 0 aliphatic rings. The smallest absolute Gasteiger partial charge is 0.140 e. The van der Waals surface area contributed by atoms with Gasteiger partial charge < -0.3 is 5.43 Å². The fraction of sp³-hybridized carbons (Fsp3) is 0.100. The Labute approximate surface area is 86.9 Å². The fourth-order valence-corrected chi connectivity index (χ4v) is 1.50. The predicted octanol–water partition coefficient (Wildman–Crippen LogP) is 2.48. The maximum Gasteiger partial charge on any atom is 0.140 e. The minimum Gasteiger partial charge on any atom is -0.308 e. The molecule has 0 saturated carbocycles. The number of aromatic nitrogens is 1. The predicted molar refractivity (Wildman–Crippen MR) is 59.3 cm³/mol. The summed E-state index contributed by atoms with van der Waals surface area (Å²) in [6.45, 7) is 1.97. The number of hydrazine groups is 1. The van der Waals surface area contributed by atoms with Gasteiger partial charge in [0.1, 0.15) is 5.82 Å². The van der Waals surface area contributed by atoms with Gasteiger partial charge in [0, 0.05) is 10.4 Å². The Bertz CT molecular complexity index is 482. The van der Waals surface area contributed by atoms with Gasteiger partial charge in [0.25, 0.3) is 0 Å². The van der Waals surface area contributed by atoms with Crippen molar-refractivity contribution in [3.05, 3.63) is 34.9 Å². The molecule has 1 heterocycles. The molecule has 3 N–H and O–H groups in total. The monoisotopic (exact) mass is 207 g/mol. The first-order valence-electron chi connectivity index (χ1n) is 4.24. The lowest BCUT2D eigenvalue weighted by atomic mass is 10.1. The van der Waals surface area contributed by atoms with Crippen LogP contribution in [0.1, 0.15) is 5.56 Å². The third-order valence-corrected chi connectivity index (χ3v) is 2.52. The summed E-state index contributed by atoms with van der Waals surface area (Å²) in [4.78, 5) is 4.28. The van der Waals surface area contributed by atoms with E-state index in [0.717, 1.165) is 21.5 Å². The number of aryl methyl sites for hydroxylation is 1. The minimum atomic E-state index is 0.636. The first-order valence-corrected chi connectivity index (χ1v) is 4.62. The summed E-state index contributed by atoms with van der Waals surface area (Å²) in [5, 5.41) is 1.78. The molecule has 0 amide bonds. The molecular formula is C10H10ClN3. The number of hydrogen-bond donors (Lipinski definition) is 2. The Balaban J connectivity index is 2.70. The maximum atomic E-state index is 5.99. The number of nitrogens with two attached hydrogens (primary N) is 1. The van der Waals surface area contributed by atoms with Crippen molar-refractivity contribution in [1.29, 1.82) is 0 Å². The zero-order chi connectivity index (χ0) is 10.1. The molecule has 2 aromatic rings. The van der Waals surface area contributed by atoms with E-state index in [1.807, 2.05) is 31.2 Å². The van der Waals surface area contributed by atoms with E-state index in [4.69, 9.17) is 17.4 Å². The Morgan fingerprint density at radius 2 is 2.14 bits per heavy atom. The molecule has 1 aromatic carbocycles. The quantitative estimate of drug-likeness (QED) is 0.558. The molecule has 2 rings (SSSR count). The molecule has 0 unspecified atom stereocenters. The van der Waals surface area contributed by atoms with Crippen LogP contribution in [0.15, 0.2) is 24.3 Å². The summed E-state index contributed by atoms with van der Waals surface area (Å²) in [6.07, 6.45) is 0. The largest absolute Gasteiger partial charge is 0.308 e. The topological polar surface area (TPSA) is 50.9 Å².